The molecule has 2 nitrogen and oxygen atoms in total. The van der Waals surface area contributed by atoms with Gasteiger partial charge >= 0.3 is 0 Å². The molecular formula is C14H29NO. The molecule has 0 spiro atoms. The van der Waals surface area contributed by atoms with E-state index in [1.807, 2.05) is 0 Å². The number of rotatable bonds is 7. The van der Waals surface area contributed by atoms with Crippen LogP contribution in [0.3, 0.4) is 0 Å². The van der Waals surface area contributed by atoms with Crippen molar-refractivity contribution >= 4 is 0 Å². The molecule has 0 heterocycles. The molecule has 0 aromatic carbocycles. The molecule has 0 unspecified atom stereocenters. The topological polar surface area (TPSA) is 32.3 Å². The molecule has 0 aromatic rings. The van der Waals surface area contributed by atoms with E-state index >= 15 is 0 Å². The van der Waals surface area contributed by atoms with Gasteiger partial charge in [0.1, 0.15) is 0 Å². The zero-order valence-corrected chi connectivity index (χ0v) is 11.1. The fourth-order valence-electron chi connectivity index (χ4n) is 2.60. The van der Waals surface area contributed by atoms with Gasteiger partial charge in [0, 0.05) is 13.2 Å². The molecule has 2 heteroatoms. The SMILES string of the molecule is CC(C)(CCO)CNCCC1CCCCC1. The third kappa shape index (κ3) is 5.86. The van der Waals surface area contributed by atoms with Gasteiger partial charge in [0.15, 0.2) is 0 Å². The first-order valence-electron chi connectivity index (χ1n) is 6.96. The van der Waals surface area contributed by atoms with Crippen LogP contribution in [0.1, 0.15) is 58.8 Å². The summed E-state index contributed by atoms with van der Waals surface area (Å²) in [6.07, 6.45) is 9.47. The highest BCUT2D eigenvalue weighted by atomic mass is 16.3. The summed E-state index contributed by atoms with van der Waals surface area (Å²) in [7, 11) is 0. The second-order valence-electron chi connectivity index (χ2n) is 6.11. The monoisotopic (exact) mass is 227 g/mol. The number of aliphatic hydroxyl groups excluding tert-OH is 1. The average Bonchev–Trinajstić information content (AvgIpc) is 2.26. The highest BCUT2D eigenvalue weighted by molar-refractivity contribution is 4.72. The summed E-state index contributed by atoms with van der Waals surface area (Å²) < 4.78 is 0. The van der Waals surface area contributed by atoms with E-state index in [2.05, 4.69) is 19.2 Å². The van der Waals surface area contributed by atoms with Gasteiger partial charge < -0.3 is 10.4 Å². The molecule has 16 heavy (non-hydrogen) atoms. The Morgan fingerprint density at radius 3 is 2.50 bits per heavy atom. The Morgan fingerprint density at radius 1 is 1.19 bits per heavy atom. The average molecular weight is 227 g/mol. The van der Waals surface area contributed by atoms with Gasteiger partial charge in [-0.05, 0) is 30.7 Å². The molecule has 1 saturated carbocycles. The Labute approximate surface area is 101 Å². The quantitative estimate of drug-likeness (QED) is 0.655. The minimum Gasteiger partial charge on any atom is -0.396 e. The number of aliphatic hydroxyl groups is 1. The molecule has 1 rings (SSSR count). The van der Waals surface area contributed by atoms with E-state index < -0.39 is 0 Å². The van der Waals surface area contributed by atoms with Crippen LogP contribution >= 0.6 is 0 Å². The fraction of sp³-hybridized carbons (Fsp3) is 1.00. The lowest BCUT2D eigenvalue weighted by Gasteiger charge is -2.25. The van der Waals surface area contributed by atoms with E-state index in [1.54, 1.807) is 0 Å². The molecule has 1 fully saturated rings. The van der Waals surface area contributed by atoms with E-state index in [9.17, 15) is 0 Å². The standard InChI is InChI=1S/C14H29NO/c1-14(2,9-11-16)12-15-10-8-13-6-4-3-5-7-13/h13,15-16H,3-12H2,1-2H3. The summed E-state index contributed by atoms with van der Waals surface area (Å²) in [5.41, 5.74) is 0.237. The number of nitrogens with one attached hydrogen (secondary N) is 1. The van der Waals surface area contributed by atoms with Crippen molar-refractivity contribution in [2.45, 2.75) is 58.8 Å². The second-order valence-corrected chi connectivity index (χ2v) is 6.11. The van der Waals surface area contributed by atoms with Gasteiger partial charge in [-0.1, -0.05) is 46.0 Å². The van der Waals surface area contributed by atoms with Gasteiger partial charge in [-0.25, -0.2) is 0 Å². The largest absolute Gasteiger partial charge is 0.396 e. The van der Waals surface area contributed by atoms with Crippen LogP contribution in [0.2, 0.25) is 0 Å². The zero-order valence-electron chi connectivity index (χ0n) is 11.1. The van der Waals surface area contributed by atoms with Gasteiger partial charge in [0.25, 0.3) is 0 Å². The summed E-state index contributed by atoms with van der Waals surface area (Å²) in [5.74, 6) is 0.974. The molecular weight excluding hydrogens is 198 g/mol. The van der Waals surface area contributed by atoms with Crippen LogP contribution in [0.5, 0.6) is 0 Å². The molecule has 0 saturated heterocycles. The van der Waals surface area contributed by atoms with Gasteiger partial charge in [-0.3, -0.25) is 0 Å². The van der Waals surface area contributed by atoms with E-state index in [0.717, 1.165) is 25.4 Å². The van der Waals surface area contributed by atoms with Crippen molar-refractivity contribution in [2.24, 2.45) is 11.3 Å². The molecule has 2 N–H and O–H groups in total. The van der Waals surface area contributed by atoms with E-state index in [-0.39, 0.29) is 5.41 Å². The molecule has 0 radical (unpaired) electrons. The van der Waals surface area contributed by atoms with Crippen LogP contribution < -0.4 is 5.32 Å². The maximum absolute atomic E-state index is 8.93. The van der Waals surface area contributed by atoms with E-state index in [4.69, 9.17) is 5.11 Å². The highest BCUT2D eigenvalue weighted by Crippen LogP contribution is 2.26. The zero-order chi connectivity index (χ0) is 11.9. The van der Waals surface area contributed by atoms with Crippen molar-refractivity contribution in [1.82, 2.24) is 5.32 Å². The van der Waals surface area contributed by atoms with Crippen LogP contribution in [-0.2, 0) is 0 Å². The Morgan fingerprint density at radius 2 is 1.88 bits per heavy atom. The van der Waals surface area contributed by atoms with Gasteiger partial charge in [0.2, 0.25) is 0 Å². The third-order valence-electron chi connectivity index (χ3n) is 3.85. The molecule has 0 aliphatic heterocycles. The van der Waals surface area contributed by atoms with Crippen molar-refractivity contribution < 1.29 is 5.11 Å². The molecule has 96 valence electrons. The van der Waals surface area contributed by atoms with Crippen LogP contribution in [0.4, 0.5) is 0 Å². The minimum absolute atomic E-state index is 0.237. The van der Waals surface area contributed by atoms with Crippen molar-refractivity contribution in [3.05, 3.63) is 0 Å². The van der Waals surface area contributed by atoms with Crippen molar-refractivity contribution in [1.29, 1.82) is 0 Å². The summed E-state index contributed by atoms with van der Waals surface area (Å²) in [6.45, 7) is 6.92. The predicted molar refractivity (Wildman–Crippen MR) is 69.5 cm³/mol. The smallest absolute Gasteiger partial charge is 0.0436 e. The van der Waals surface area contributed by atoms with Crippen LogP contribution in [-0.4, -0.2) is 24.8 Å². The molecule has 0 bridgehead atoms. The lowest BCUT2D eigenvalue weighted by Crippen LogP contribution is -2.31. The first kappa shape index (κ1) is 14.0. The summed E-state index contributed by atoms with van der Waals surface area (Å²) >= 11 is 0. The Balaban J connectivity index is 2.02. The summed E-state index contributed by atoms with van der Waals surface area (Å²) in [5, 5.41) is 12.5. The van der Waals surface area contributed by atoms with Gasteiger partial charge in [0.05, 0.1) is 0 Å². The summed E-state index contributed by atoms with van der Waals surface area (Å²) in [6, 6.07) is 0. The van der Waals surface area contributed by atoms with Crippen molar-refractivity contribution in [2.75, 3.05) is 19.7 Å². The normalized spacial score (nSPS) is 18.9. The van der Waals surface area contributed by atoms with Crippen LogP contribution in [0, 0.1) is 11.3 Å². The Kier molecular flexibility index (Phi) is 6.37. The maximum Gasteiger partial charge on any atom is 0.0436 e. The Hall–Kier alpha value is -0.0800. The second kappa shape index (κ2) is 7.29. The molecule has 1 aliphatic carbocycles. The lowest BCUT2D eigenvalue weighted by atomic mass is 9.86. The minimum atomic E-state index is 0.237. The van der Waals surface area contributed by atoms with Crippen LogP contribution in [0.25, 0.3) is 0 Å². The molecule has 1 aliphatic rings. The lowest BCUT2D eigenvalue weighted by molar-refractivity contribution is 0.205. The molecule has 0 amide bonds. The number of hydrogen-bond acceptors (Lipinski definition) is 2. The first-order valence-corrected chi connectivity index (χ1v) is 6.96. The Bertz CT molecular complexity index is 174. The first-order chi connectivity index (χ1) is 7.64. The van der Waals surface area contributed by atoms with Gasteiger partial charge in [-0.2, -0.15) is 0 Å². The number of hydrogen-bond donors (Lipinski definition) is 2. The molecule has 0 aromatic heterocycles. The third-order valence-corrected chi connectivity index (χ3v) is 3.85. The van der Waals surface area contributed by atoms with E-state index in [0.29, 0.717) is 6.61 Å². The van der Waals surface area contributed by atoms with E-state index in [1.165, 1.54) is 38.5 Å². The van der Waals surface area contributed by atoms with Gasteiger partial charge in [-0.15, -0.1) is 0 Å². The predicted octanol–water partition coefficient (Wildman–Crippen LogP) is 2.96. The molecule has 0 atom stereocenters. The van der Waals surface area contributed by atoms with Crippen molar-refractivity contribution in [3.8, 4) is 0 Å². The summed E-state index contributed by atoms with van der Waals surface area (Å²) in [4.78, 5) is 0. The maximum atomic E-state index is 8.93. The van der Waals surface area contributed by atoms with Crippen LogP contribution in [0.15, 0.2) is 0 Å². The fourth-order valence-corrected chi connectivity index (χ4v) is 2.60. The van der Waals surface area contributed by atoms with Crippen molar-refractivity contribution in [3.63, 3.8) is 0 Å². The highest BCUT2D eigenvalue weighted by Gasteiger charge is 2.17.